The highest BCUT2D eigenvalue weighted by Crippen LogP contribution is 2.22. The van der Waals surface area contributed by atoms with Gasteiger partial charge in [-0.15, -0.1) is 4.91 Å². The van der Waals surface area contributed by atoms with Gasteiger partial charge in [0.25, 0.3) is 0 Å². The number of nitrogens with zero attached hydrogens (tertiary/aromatic N) is 1. The van der Waals surface area contributed by atoms with Crippen molar-refractivity contribution in [2.24, 2.45) is 5.18 Å². The van der Waals surface area contributed by atoms with E-state index in [1.807, 2.05) is 13.0 Å². The van der Waals surface area contributed by atoms with Gasteiger partial charge in [-0.1, -0.05) is 6.07 Å². The van der Waals surface area contributed by atoms with E-state index in [9.17, 15) is 9.70 Å². The van der Waals surface area contributed by atoms with Gasteiger partial charge in [-0.05, 0) is 36.2 Å². The molecule has 1 rings (SSSR count). The highest BCUT2D eigenvalue weighted by atomic mass is 16.3. The molecule has 0 aromatic heterocycles. The molecule has 0 atom stereocenters. The predicted molar refractivity (Wildman–Crippen MR) is 46.8 cm³/mol. The smallest absolute Gasteiger partial charge is 0.152 e. The van der Waals surface area contributed by atoms with E-state index >= 15 is 0 Å². The van der Waals surface area contributed by atoms with Crippen molar-refractivity contribution < 1.29 is 4.79 Å². The van der Waals surface area contributed by atoms with Gasteiger partial charge in [-0.25, -0.2) is 0 Å². The van der Waals surface area contributed by atoms with Gasteiger partial charge >= 0.3 is 0 Å². The average Bonchev–Trinajstić information content (AvgIpc) is 2.03. The van der Waals surface area contributed by atoms with E-state index in [1.165, 1.54) is 0 Å². The molecular formula is C9H9NO2. The molecule has 0 saturated heterocycles. The number of benzene rings is 1. The van der Waals surface area contributed by atoms with E-state index in [1.54, 1.807) is 13.0 Å². The molecule has 3 heteroatoms. The Morgan fingerprint density at radius 3 is 2.50 bits per heavy atom. The van der Waals surface area contributed by atoms with Crippen molar-refractivity contribution in [1.29, 1.82) is 0 Å². The lowest BCUT2D eigenvalue weighted by atomic mass is 10.0. The van der Waals surface area contributed by atoms with Crippen LogP contribution in [-0.2, 0) is 0 Å². The van der Waals surface area contributed by atoms with Crippen molar-refractivity contribution in [3.63, 3.8) is 0 Å². The molecule has 1 aromatic rings. The average molecular weight is 163 g/mol. The van der Waals surface area contributed by atoms with Crippen molar-refractivity contribution in [2.45, 2.75) is 13.8 Å². The van der Waals surface area contributed by atoms with E-state index in [0.717, 1.165) is 11.1 Å². The highest BCUT2D eigenvalue weighted by Gasteiger charge is 2.05. The van der Waals surface area contributed by atoms with Crippen LogP contribution in [0.1, 0.15) is 21.5 Å². The number of hydrogen-bond donors (Lipinski definition) is 0. The number of carbonyl (C=O) groups is 1. The summed E-state index contributed by atoms with van der Waals surface area (Å²) in [5.74, 6) is 0. The maximum absolute atomic E-state index is 10.5. The van der Waals surface area contributed by atoms with Crippen LogP contribution >= 0.6 is 0 Å². The summed E-state index contributed by atoms with van der Waals surface area (Å²) < 4.78 is 0. The Kier molecular flexibility index (Phi) is 2.33. The molecule has 0 aliphatic carbocycles. The first-order valence-electron chi connectivity index (χ1n) is 3.59. The second kappa shape index (κ2) is 3.26. The Labute approximate surface area is 70.4 Å². The highest BCUT2D eigenvalue weighted by molar-refractivity contribution is 5.85. The number of carbonyl (C=O) groups excluding carboxylic acids is 1. The molecule has 62 valence electrons. The fraction of sp³-hybridized carbons (Fsp3) is 0.222. The van der Waals surface area contributed by atoms with Crippen LogP contribution in [0.25, 0.3) is 0 Å². The van der Waals surface area contributed by atoms with Crippen LogP contribution in [0.3, 0.4) is 0 Å². The Morgan fingerprint density at radius 2 is 2.00 bits per heavy atom. The number of aryl methyl sites for hydroxylation is 2. The molecule has 12 heavy (non-hydrogen) atoms. The molecule has 0 fully saturated rings. The maximum atomic E-state index is 10.5. The molecule has 0 spiro atoms. The minimum Gasteiger partial charge on any atom is -0.298 e. The Balaban J connectivity index is 3.43. The van der Waals surface area contributed by atoms with E-state index in [0.29, 0.717) is 11.8 Å². The van der Waals surface area contributed by atoms with Crippen LogP contribution in [0, 0.1) is 18.8 Å². The summed E-state index contributed by atoms with van der Waals surface area (Å²) in [7, 11) is 0. The van der Waals surface area contributed by atoms with Gasteiger partial charge in [0.1, 0.15) is 5.69 Å². The van der Waals surface area contributed by atoms with Crippen LogP contribution in [0.4, 0.5) is 5.69 Å². The van der Waals surface area contributed by atoms with Crippen LogP contribution in [-0.4, -0.2) is 6.29 Å². The molecule has 0 unspecified atom stereocenters. The third-order valence-corrected chi connectivity index (χ3v) is 1.73. The van der Waals surface area contributed by atoms with Crippen LogP contribution < -0.4 is 0 Å². The summed E-state index contributed by atoms with van der Waals surface area (Å²) in [4.78, 5) is 20.8. The molecule has 0 radical (unpaired) electrons. The van der Waals surface area contributed by atoms with Gasteiger partial charge < -0.3 is 0 Å². The fourth-order valence-corrected chi connectivity index (χ4v) is 1.19. The van der Waals surface area contributed by atoms with Crippen molar-refractivity contribution in [3.05, 3.63) is 33.7 Å². The zero-order valence-corrected chi connectivity index (χ0v) is 7.00. The van der Waals surface area contributed by atoms with Gasteiger partial charge in [-0.3, -0.25) is 4.79 Å². The second-order valence-corrected chi connectivity index (χ2v) is 2.72. The zero-order chi connectivity index (χ0) is 9.14. The molecule has 0 heterocycles. The summed E-state index contributed by atoms with van der Waals surface area (Å²) in [6, 6.07) is 3.45. The lowest BCUT2D eigenvalue weighted by Crippen LogP contribution is -1.88. The van der Waals surface area contributed by atoms with Crippen molar-refractivity contribution >= 4 is 12.0 Å². The normalized spacial score (nSPS) is 9.50. The monoisotopic (exact) mass is 163 g/mol. The van der Waals surface area contributed by atoms with Crippen LogP contribution in [0.2, 0.25) is 0 Å². The first-order valence-corrected chi connectivity index (χ1v) is 3.59. The SMILES string of the molecule is Cc1cc(C)c(C=O)c(N=O)c1. The number of aldehydes is 1. The molecule has 3 nitrogen and oxygen atoms in total. The Bertz CT molecular complexity index is 332. The quantitative estimate of drug-likeness (QED) is 0.496. The molecule has 0 saturated carbocycles. The molecule has 0 amide bonds. The Morgan fingerprint density at radius 1 is 1.33 bits per heavy atom. The summed E-state index contributed by atoms with van der Waals surface area (Å²) in [5.41, 5.74) is 2.34. The van der Waals surface area contributed by atoms with Crippen molar-refractivity contribution in [1.82, 2.24) is 0 Å². The van der Waals surface area contributed by atoms with E-state index in [2.05, 4.69) is 5.18 Å². The number of nitroso groups, excluding NO2 is 1. The summed E-state index contributed by atoms with van der Waals surface area (Å²) in [6.07, 6.45) is 0.658. The number of rotatable bonds is 2. The molecule has 0 aliphatic rings. The predicted octanol–water partition coefficient (Wildman–Crippen LogP) is 2.51. The number of hydrogen-bond acceptors (Lipinski definition) is 3. The van der Waals surface area contributed by atoms with Gasteiger partial charge in [0.2, 0.25) is 0 Å². The molecule has 0 bridgehead atoms. The lowest BCUT2D eigenvalue weighted by Gasteiger charge is -2.01. The van der Waals surface area contributed by atoms with Gasteiger partial charge in [0, 0.05) is 5.56 Å². The van der Waals surface area contributed by atoms with E-state index in [4.69, 9.17) is 0 Å². The minimum absolute atomic E-state index is 0.225. The Hall–Kier alpha value is -1.51. The van der Waals surface area contributed by atoms with Crippen molar-refractivity contribution in [2.75, 3.05) is 0 Å². The van der Waals surface area contributed by atoms with Crippen LogP contribution in [0.5, 0.6) is 0 Å². The second-order valence-electron chi connectivity index (χ2n) is 2.72. The van der Waals surface area contributed by atoms with Gasteiger partial charge in [0.15, 0.2) is 6.29 Å². The third kappa shape index (κ3) is 1.39. The van der Waals surface area contributed by atoms with Gasteiger partial charge in [-0.2, -0.15) is 0 Å². The largest absolute Gasteiger partial charge is 0.298 e. The third-order valence-electron chi connectivity index (χ3n) is 1.73. The molecule has 0 aliphatic heterocycles. The zero-order valence-electron chi connectivity index (χ0n) is 7.00. The summed E-state index contributed by atoms with van der Waals surface area (Å²) in [6.45, 7) is 3.64. The van der Waals surface area contributed by atoms with Crippen molar-refractivity contribution in [3.8, 4) is 0 Å². The first-order chi connectivity index (χ1) is 5.69. The topological polar surface area (TPSA) is 46.5 Å². The summed E-state index contributed by atoms with van der Waals surface area (Å²) >= 11 is 0. The lowest BCUT2D eigenvalue weighted by molar-refractivity contribution is 0.112. The first kappa shape index (κ1) is 8.59. The minimum atomic E-state index is 0.225. The molecular weight excluding hydrogens is 154 g/mol. The van der Waals surface area contributed by atoms with Crippen LogP contribution in [0.15, 0.2) is 17.3 Å². The molecule has 1 aromatic carbocycles. The van der Waals surface area contributed by atoms with E-state index < -0.39 is 0 Å². The summed E-state index contributed by atoms with van der Waals surface area (Å²) in [5, 5.41) is 2.78. The maximum Gasteiger partial charge on any atom is 0.152 e. The standard InChI is InChI=1S/C9H9NO2/c1-6-3-7(2)8(5-11)9(4-6)10-12/h3-5H,1-2H3. The van der Waals surface area contributed by atoms with E-state index in [-0.39, 0.29) is 5.69 Å². The van der Waals surface area contributed by atoms with Gasteiger partial charge in [0.05, 0.1) is 0 Å². The fourth-order valence-electron chi connectivity index (χ4n) is 1.19. The molecule has 0 N–H and O–H groups in total.